The van der Waals surface area contributed by atoms with E-state index in [0.717, 1.165) is 0 Å². The van der Waals surface area contributed by atoms with E-state index in [9.17, 15) is 14.0 Å². The Hall–Kier alpha value is -2.67. The molecule has 1 aliphatic rings. The highest BCUT2D eigenvalue weighted by Crippen LogP contribution is 2.26. The van der Waals surface area contributed by atoms with Crippen LogP contribution in [0, 0.1) is 5.82 Å². The number of nitrogens with one attached hydrogen (secondary N) is 1. The molecule has 1 N–H and O–H groups in total. The summed E-state index contributed by atoms with van der Waals surface area (Å²) in [6.45, 7) is 5.45. The summed E-state index contributed by atoms with van der Waals surface area (Å²) in [6, 6.07) is 9.53. The summed E-state index contributed by atoms with van der Waals surface area (Å²) in [5.74, 6) is -0.653. The molecule has 144 valence electrons. The highest BCUT2D eigenvalue weighted by molar-refractivity contribution is 5.90. The van der Waals surface area contributed by atoms with Gasteiger partial charge in [-0.2, -0.15) is 0 Å². The number of nitrogens with zero attached hydrogens (tertiary/aromatic N) is 2. The molecule has 6 nitrogen and oxygen atoms in total. The molecule has 1 fully saturated rings. The summed E-state index contributed by atoms with van der Waals surface area (Å²) in [5.41, 5.74) is 0.747. The molecule has 7 heteroatoms. The molecule has 1 aromatic carbocycles. The number of amides is 1. The monoisotopic (exact) mass is 373 g/mol. The molecule has 27 heavy (non-hydrogen) atoms. The van der Waals surface area contributed by atoms with Gasteiger partial charge in [0.15, 0.2) is 0 Å². The van der Waals surface area contributed by atoms with E-state index in [0.29, 0.717) is 24.5 Å². The van der Waals surface area contributed by atoms with Crippen LogP contribution >= 0.6 is 0 Å². The zero-order valence-corrected chi connectivity index (χ0v) is 15.5. The minimum Gasteiger partial charge on any atom is -0.372 e. The highest BCUT2D eigenvalue weighted by atomic mass is 19.1. The van der Waals surface area contributed by atoms with Crippen molar-refractivity contribution in [1.82, 2.24) is 4.57 Å². The van der Waals surface area contributed by atoms with Crippen LogP contribution in [-0.2, 0) is 16.1 Å². The van der Waals surface area contributed by atoms with Gasteiger partial charge < -0.3 is 19.5 Å². The van der Waals surface area contributed by atoms with Crippen LogP contribution < -0.4 is 15.8 Å². The van der Waals surface area contributed by atoms with Crippen LogP contribution in [0.15, 0.2) is 47.4 Å². The molecule has 2 atom stereocenters. The van der Waals surface area contributed by atoms with Crippen LogP contribution in [-0.4, -0.2) is 35.8 Å². The topological polar surface area (TPSA) is 63.6 Å². The number of aryl methyl sites for hydroxylation is 1. The number of rotatable bonds is 5. The normalized spacial score (nSPS) is 19.7. The summed E-state index contributed by atoms with van der Waals surface area (Å²) in [4.78, 5) is 25.7. The maximum atomic E-state index is 14.6. The smallest absolute Gasteiger partial charge is 0.250 e. The number of hydrogen-bond acceptors (Lipinski definition) is 4. The fourth-order valence-corrected chi connectivity index (χ4v) is 3.31. The predicted octanol–water partition coefficient (Wildman–Crippen LogP) is 2.63. The number of morpholine rings is 1. The predicted molar refractivity (Wildman–Crippen MR) is 103 cm³/mol. The Morgan fingerprint density at radius 1 is 1.22 bits per heavy atom. The molecule has 0 saturated carbocycles. The molecular formula is C20H24FN3O3. The van der Waals surface area contributed by atoms with E-state index in [1.807, 2.05) is 18.7 Å². The van der Waals surface area contributed by atoms with Crippen LogP contribution in [0.3, 0.4) is 0 Å². The average molecular weight is 373 g/mol. The Kier molecular flexibility index (Phi) is 5.91. The summed E-state index contributed by atoms with van der Waals surface area (Å²) in [7, 11) is 0. The van der Waals surface area contributed by atoms with Crippen molar-refractivity contribution in [3.8, 4) is 0 Å². The molecule has 2 heterocycles. The van der Waals surface area contributed by atoms with Crippen molar-refractivity contribution in [3.05, 3.63) is 58.8 Å². The van der Waals surface area contributed by atoms with Gasteiger partial charge in [-0.3, -0.25) is 9.59 Å². The van der Waals surface area contributed by atoms with Crippen molar-refractivity contribution in [2.45, 2.75) is 39.0 Å². The second-order valence-electron chi connectivity index (χ2n) is 6.86. The first kappa shape index (κ1) is 19.1. The third-order valence-corrected chi connectivity index (χ3v) is 4.47. The van der Waals surface area contributed by atoms with Gasteiger partial charge in [-0.15, -0.1) is 0 Å². The Balaban J connectivity index is 1.61. The number of carbonyl (C=O) groups is 1. The van der Waals surface area contributed by atoms with Gasteiger partial charge in [-0.05, 0) is 38.1 Å². The van der Waals surface area contributed by atoms with E-state index < -0.39 is 0 Å². The van der Waals surface area contributed by atoms with Crippen LogP contribution in [0.5, 0.6) is 0 Å². The molecule has 0 aliphatic carbocycles. The third-order valence-electron chi connectivity index (χ3n) is 4.47. The zero-order valence-electron chi connectivity index (χ0n) is 15.5. The number of ether oxygens (including phenoxy) is 1. The fourth-order valence-electron chi connectivity index (χ4n) is 3.31. The van der Waals surface area contributed by atoms with Crippen LogP contribution in [0.4, 0.5) is 15.8 Å². The van der Waals surface area contributed by atoms with E-state index >= 15 is 0 Å². The highest BCUT2D eigenvalue weighted by Gasteiger charge is 2.24. The van der Waals surface area contributed by atoms with E-state index in [1.54, 1.807) is 30.5 Å². The van der Waals surface area contributed by atoms with Gasteiger partial charge in [0.25, 0.3) is 5.56 Å². The van der Waals surface area contributed by atoms with E-state index in [4.69, 9.17) is 4.74 Å². The minimum absolute atomic E-state index is 0.0360. The Morgan fingerprint density at radius 2 is 1.96 bits per heavy atom. The van der Waals surface area contributed by atoms with Gasteiger partial charge in [0.05, 0.1) is 17.9 Å². The molecule has 0 spiro atoms. The van der Waals surface area contributed by atoms with E-state index in [2.05, 4.69) is 5.32 Å². The number of pyridine rings is 1. The lowest BCUT2D eigenvalue weighted by molar-refractivity contribution is -0.116. The number of benzene rings is 1. The Labute approximate surface area is 157 Å². The summed E-state index contributed by atoms with van der Waals surface area (Å²) in [5, 5.41) is 2.68. The maximum absolute atomic E-state index is 14.6. The molecule has 0 radical (unpaired) electrons. The molecule has 1 amide bonds. The van der Waals surface area contributed by atoms with Crippen molar-refractivity contribution in [3.63, 3.8) is 0 Å². The second kappa shape index (κ2) is 8.35. The van der Waals surface area contributed by atoms with Gasteiger partial charge >= 0.3 is 0 Å². The van der Waals surface area contributed by atoms with Crippen molar-refractivity contribution < 1.29 is 13.9 Å². The molecule has 1 aromatic heterocycles. The lowest BCUT2D eigenvalue weighted by Crippen LogP contribution is -2.45. The van der Waals surface area contributed by atoms with Gasteiger partial charge in [0.1, 0.15) is 5.82 Å². The molecule has 3 rings (SSSR count). The second-order valence-corrected chi connectivity index (χ2v) is 6.86. The first-order valence-corrected chi connectivity index (χ1v) is 9.07. The standard InChI is InChI=1S/C20H24FN3O3/c1-14-12-24(13-15(2)27-14)18-7-6-16(11-17(18)21)22-19(25)8-10-23-9-4-3-5-20(23)26/h3-7,9,11,14-15H,8,10,12-13H2,1-2H3,(H,22,25). The molecule has 1 saturated heterocycles. The van der Waals surface area contributed by atoms with Crippen LogP contribution in [0.2, 0.25) is 0 Å². The molecular weight excluding hydrogens is 349 g/mol. The zero-order chi connectivity index (χ0) is 19.4. The van der Waals surface area contributed by atoms with Crippen molar-refractivity contribution in [2.75, 3.05) is 23.3 Å². The van der Waals surface area contributed by atoms with Crippen molar-refractivity contribution in [2.24, 2.45) is 0 Å². The third kappa shape index (κ3) is 4.95. The van der Waals surface area contributed by atoms with Crippen molar-refractivity contribution >= 4 is 17.3 Å². The fraction of sp³-hybridized carbons (Fsp3) is 0.400. The number of anilines is 2. The first-order valence-electron chi connectivity index (χ1n) is 9.07. The lowest BCUT2D eigenvalue weighted by atomic mass is 10.2. The maximum Gasteiger partial charge on any atom is 0.250 e. The van der Waals surface area contributed by atoms with Gasteiger partial charge in [-0.1, -0.05) is 6.07 Å². The minimum atomic E-state index is -0.381. The van der Waals surface area contributed by atoms with Gasteiger partial charge in [-0.25, -0.2) is 4.39 Å². The number of hydrogen-bond donors (Lipinski definition) is 1. The largest absolute Gasteiger partial charge is 0.372 e. The van der Waals surface area contributed by atoms with E-state index in [-0.39, 0.29) is 42.5 Å². The molecule has 2 unspecified atom stereocenters. The quantitative estimate of drug-likeness (QED) is 0.875. The van der Waals surface area contributed by atoms with Crippen molar-refractivity contribution in [1.29, 1.82) is 0 Å². The van der Waals surface area contributed by atoms with Gasteiger partial charge in [0, 0.05) is 44.0 Å². The SMILES string of the molecule is CC1CN(c2ccc(NC(=O)CCn3ccccc3=O)cc2F)CC(C)O1. The first-order chi connectivity index (χ1) is 12.9. The van der Waals surface area contributed by atoms with E-state index in [1.165, 1.54) is 16.7 Å². The summed E-state index contributed by atoms with van der Waals surface area (Å²) >= 11 is 0. The Morgan fingerprint density at radius 3 is 2.63 bits per heavy atom. The molecule has 2 aromatic rings. The number of carbonyl (C=O) groups excluding carboxylic acids is 1. The summed E-state index contributed by atoms with van der Waals surface area (Å²) in [6.07, 6.45) is 1.84. The van der Waals surface area contributed by atoms with Gasteiger partial charge in [0.2, 0.25) is 5.91 Å². The Bertz CT molecular complexity index is 858. The number of halogens is 1. The average Bonchev–Trinajstić information content (AvgIpc) is 2.60. The van der Waals surface area contributed by atoms with Crippen LogP contribution in [0.25, 0.3) is 0 Å². The summed E-state index contributed by atoms with van der Waals surface area (Å²) < 4.78 is 21.7. The lowest BCUT2D eigenvalue weighted by Gasteiger charge is -2.37. The molecule has 0 bridgehead atoms. The molecule has 1 aliphatic heterocycles. The van der Waals surface area contributed by atoms with Crippen LogP contribution in [0.1, 0.15) is 20.3 Å². The number of aromatic nitrogens is 1.